The second-order valence-electron chi connectivity index (χ2n) is 6.40. The molecule has 0 fully saturated rings. The quantitative estimate of drug-likeness (QED) is 0.911. The first kappa shape index (κ1) is 16.0. The molecule has 0 amide bonds. The fourth-order valence-electron chi connectivity index (χ4n) is 3.15. The molecule has 2 aliphatic rings. The van der Waals surface area contributed by atoms with Crippen molar-refractivity contribution in [3.63, 3.8) is 0 Å². The third kappa shape index (κ3) is 3.46. The Morgan fingerprint density at radius 3 is 2.48 bits per heavy atom. The number of nitrogens with zero attached hydrogens (tertiary/aromatic N) is 3. The number of rotatable bonds is 4. The Balaban J connectivity index is 1.50. The average molecular weight is 356 g/mol. The third-order valence-corrected chi connectivity index (χ3v) is 5.09. The molecule has 4 rings (SSSR count). The van der Waals surface area contributed by atoms with Crippen LogP contribution in [0.25, 0.3) is 5.69 Å². The predicted octanol–water partition coefficient (Wildman–Crippen LogP) is 2.10. The zero-order valence-electron chi connectivity index (χ0n) is 14.0. The Kier molecular flexibility index (Phi) is 3.88. The summed E-state index contributed by atoms with van der Waals surface area (Å²) >= 11 is 0. The van der Waals surface area contributed by atoms with Gasteiger partial charge in [-0.25, -0.2) is 13.1 Å². The van der Waals surface area contributed by atoms with E-state index in [0.29, 0.717) is 5.69 Å². The Morgan fingerprint density at radius 1 is 1.12 bits per heavy atom. The Labute approximate surface area is 147 Å². The topological polar surface area (TPSA) is 67.2 Å². The van der Waals surface area contributed by atoms with E-state index in [1.165, 1.54) is 11.3 Å². The van der Waals surface area contributed by atoms with Gasteiger partial charge in [0.25, 0.3) is 0 Å². The van der Waals surface area contributed by atoms with Crippen LogP contribution in [0.15, 0.2) is 54.4 Å². The molecule has 2 aromatic rings. The summed E-state index contributed by atoms with van der Waals surface area (Å²) in [5.74, 6) is 0. The van der Waals surface area contributed by atoms with Crippen LogP contribution in [0.1, 0.15) is 11.3 Å². The minimum Gasteiger partial charge on any atom is -0.371 e. The maximum absolute atomic E-state index is 11.3. The van der Waals surface area contributed by atoms with Crippen molar-refractivity contribution in [3.05, 3.63) is 65.6 Å². The highest BCUT2D eigenvalue weighted by molar-refractivity contribution is 7.92. The van der Waals surface area contributed by atoms with Crippen molar-refractivity contribution in [2.45, 2.75) is 12.8 Å². The van der Waals surface area contributed by atoms with Crippen molar-refractivity contribution in [1.82, 2.24) is 14.7 Å². The molecule has 25 heavy (non-hydrogen) atoms. The molecule has 0 saturated heterocycles. The molecule has 1 aromatic carbocycles. The molecule has 1 aromatic heterocycles. The van der Waals surface area contributed by atoms with Crippen molar-refractivity contribution < 1.29 is 8.42 Å². The molecule has 1 N–H and O–H groups in total. The lowest BCUT2D eigenvalue weighted by Crippen LogP contribution is -2.26. The Hall–Kier alpha value is -2.54. The molecule has 0 spiro atoms. The number of nitrogens with one attached hydrogen (secondary N) is 1. The van der Waals surface area contributed by atoms with E-state index >= 15 is 0 Å². The summed E-state index contributed by atoms with van der Waals surface area (Å²) in [6, 6.07) is 7.24. The average Bonchev–Trinajstić information content (AvgIpc) is 2.81. The van der Waals surface area contributed by atoms with Crippen LogP contribution in [0.2, 0.25) is 0 Å². The van der Waals surface area contributed by atoms with Gasteiger partial charge in [0.2, 0.25) is 10.0 Å². The smallest absolute Gasteiger partial charge is 0.229 e. The van der Waals surface area contributed by atoms with Crippen molar-refractivity contribution in [1.29, 1.82) is 0 Å². The first-order valence-corrected chi connectivity index (χ1v) is 10.2. The SMILES string of the molecule is CS(=O)(=O)Nc1ccc(-n2cc3c(n2)CCN(C2=CC=C2)CC3)cc1. The van der Waals surface area contributed by atoms with E-state index in [4.69, 9.17) is 5.10 Å². The van der Waals surface area contributed by atoms with Crippen LogP contribution in [0, 0.1) is 0 Å². The number of sulfonamides is 1. The van der Waals surface area contributed by atoms with Crippen LogP contribution in [0.3, 0.4) is 0 Å². The molecule has 6 nitrogen and oxygen atoms in total. The lowest BCUT2D eigenvalue weighted by molar-refractivity contribution is 0.368. The van der Waals surface area contributed by atoms with Gasteiger partial charge in [0.1, 0.15) is 0 Å². The van der Waals surface area contributed by atoms with Crippen LogP contribution in [0.5, 0.6) is 0 Å². The van der Waals surface area contributed by atoms with Gasteiger partial charge in [-0.1, -0.05) is 6.08 Å². The van der Waals surface area contributed by atoms with Gasteiger partial charge < -0.3 is 4.90 Å². The lowest BCUT2D eigenvalue weighted by atomic mass is 10.1. The van der Waals surface area contributed by atoms with E-state index in [2.05, 4.69) is 34.0 Å². The van der Waals surface area contributed by atoms with Gasteiger partial charge >= 0.3 is 0 Å². The van der Waals surface area contributed by atoms with E-state index in [-0.39, 0.29) is 0 Å². The molecule has 130 valence electrons. The predicted molar refractivity (Wildman–Crippen MR) is 98.2 cm³/mol. The van der Waals surface area contributed by atoms with Gasteiger partial charge in [0.05, 0.1) is 17.6 Å². The molecule has 0 unspecified atom stereocenters. The second-order valence-corrected chi connectivity index (χ2v) is 8.15. The highest BCUT2D eigenvalue weighted by atomic mass is 32.2. The molecule has 1 aliphatic heterocycles. The van der Waals surface area contributed by atoms with Crippen molar-refractivity contribution in [3.8, 4) is 5.69 Å². The molecule has 2 heterocycles. The zero-order chi connectivity index (χ0) is 17.4. The summed E-state index contributed by atoms with van der Waals surface area (Å²) in [5, 5.41) is 4.74. The summed E-state index contributed by atoms with van der Waals surface area (Å²) in [5.41, 5.74) is 5.22. The summed E-state index contributed by atoms with van der Waals surface area (Å²) in [6.45, 7) is 1.99. The van der Waals surface area contributed by atoms with Crippen LogP contribution in [0.4, 0.5) is 5.69 Å². The van der Waals surface area contributed by atoms with Gasteiger partial charge in [-0.15, -0.1) is 0 Å². The van der Waals surface area contributed by atoms with E-state index in [1.54, 1.807) is 12.1 Å². The van der Waals surface area contributed by atoms with Crippen molar-refractivity contribution in [2.24, 2.45) is 0 Å². The fourth-order valence-corrected chi connectivity index (χ4v) is 3.72. The van der Waals surface area contributed by atoms with E-state index in [1.807, 2.05) is 16.8 Å². The third-order valence-electron chi connectivity index (χ3n) is 4.48. The normalized spacial score (nSPS) is 16.7. The van der Waals surface area contributed by atoms with Gasteiger partial charge in [-0.05, 0) is 48.4 Å². The standard InChI is InChI=1S/C18H20N4O2S/c1-25(23,24)20-15-5-7-17(8-6-15)22-13-14-9-11-21(16-3-2-4-16)12-10-18(14)19-22/h2-8,13,20H,9-12H2,1H3. The van der Waals surface area contributed by atoms with Crippen LogP contribution in [-0.4, -0.2) is 42.4 Å². The zero-order valence-corrected chi connectivity index (χ0v) is 14.8. The van der Waals surface area contributed by atoms with Gasteiger partial charge in [0.15, 0.2) is 0 Å². The highest BCUT2D eigenvalue weighted by Crippen LogP contribution is 2.22. The molecule has 0 saturated carbocycles. The summed E-state index contributed by atoms with van der Waals surface area (Å²) in [4.78, 5) is 2.40. The second kappa shape index (κ2) is 6.07. The van der Waals surface area contributed by atoms with E-state index < -0.39 is 10.0 Å². The van der Waals surface area contributed by atoms with Gasteiger partial charge in [0, 0.05) is 37.1 Å². The molecular weight excluding hydrogens is 336 g/mol. The van der Waals surface area contributed by atoms with Crippen molar-refractivity contribution in [2.75, 3.05) is 24.1 Å². The molecular formula is C18H20N4O2S. The first-order chi connectivity index (χ1) is 12.0. The molecule has 1 aliphatic carbocycles. The maximum Gasteiger partial charge on any atom is 0.229 e. The minimum absolute atomic E-state index is 0.553. The monoisotopic (exact) mass is 356 g/mol. The number of anilines is 1. The number of aromatic nitrogens is 2. The van der Waals surface area contributed by atoms with Crippen LogP contribution in [-0.2, 0) is 22.9 Å². The van der Waals surface area contributed by atoms with E-state index in [0.717, 1.165) is 43.6 Å². The Bertz CT molecular complexity index is 930. The molecule has 0 radical (unpaired) electrons. The van der Waals surface area contributed by atoms with Crippen molar-refractivity contribution >= 4 is 15.7 Å². The number of hydrogen-bond acceptors (Lipinski definition) is 4. The van der Waals surface area contributed by atoms with Gasteiger partial charge in [-0.3, -0.25) is 4.72 Å². The van der Waals surface area contributed by atoms with Crippen LogP contribution < -0.4 is 4.72 Å². The summed E-state index contributed by atoms with van der Waals surface area (Å²) < 4.78 is 26.9. The lowest BCUT2D eigenvalue weighted by Gasteiger charge is -2.26. The number of fused-ring (bicyclic) bond motifs is 1. The molecule has 0 atom stereocenters. The number of hydrogen-bond donors (Lipinski definition) is 1. The van der Waals surface area contributed by atoms with Crippen LogP contribution >= 0.6 is 0 Å². The number of allylic oxidation sites excluding steroid dienone is 3. The Morgan fingerprint density at radius 2 is 1.84 bits per heavy atom. The first-order valence-electron chi connectivity index (χ1n) is 8.27. The minimum atomic E-state index is -3.26. The summed E-state index contributed by atoms with van der Waals surface area (Å²) in [6.07, 6.45) is 11.5. The molecule has 7 heteroatoms. The fraction of sp³-hybridized carbons (Fsp3) is 0.278. The molecule has 0 bridgehead atoms. The maximum atomic E-state index is 11.3. The largest absolute Gasteiger partial charge is 0.371 e. The highest BCUT2D eigenvalue weighted by Gasteiger charge is 2.19. The van der Waals surface area contributed by atoms with Gasteiger partial charge in [-0.2, -0.15) is 5.10 Å². The summed E-state index contributed by atoms with van der Waals surface area (Å²) in [7, 11) is -3.26. The number of benzene rings is 1. The van der Waals surface area contributed by atoms with E-state index in [9.17, 15) is 8.42 Å².